The minimum absolute atomic E-state index is 0.226. The second-order valence-corrected chi connectivity index (χ2v) is 42.0. The number of nitrogens with one attached hydrogen (secondary N) is 1. The van der Waals surface area contributed by atoms with Crippen LogP contribution in [0.25, 0.3) is 0 Å². The Balaban J connectivity index is 1.23. The van der Waals surface area contributed by atoms with Gasteiger partial charge in [0.05, 0.1) is 0 Å². The van der Waals surface area contributed by atoms with Gasteiger partial charge in [-0.2, -0.15) is 0 Å². The van der Waals surface area contributed by atoms with E-state index in [0.29, 0.717) is 0 Å². The summed E-state index contributed by atoms with van der Waals surface area (Å²) in [6, 6.07) is 24.7. The van der Waals surface area contributed by atoms with Gasteiger partial charge in [0.15, 0.2) is 0 Å². The molecule has 162 valence electrons. The van der Waals surface area contributed by atoms with Crippen molar-refractivity contribution >= 4 is 18.5 Å². The van der Waals surface area contributed by atoms with Crippen LogP contribution in [0.4, 0.5) is 0 Å². The van der Waals surface area contributed by atoms with Crippen LogP contribution in [0.15, 0.2) is 60.7 Å². The summed E-state index contributed by atoms with van der Waals surface area (Å²) in [4.78, 5) is 10.6. The van der Waals surface area contributed by atoms with Crippen molar-refractivity contribution < 1.29 is 6.51 Å². The SMILES string of the molecule is C[C@@H](NC(C)(C)C)[C@@]12[CH]3[CH]4[CH]5[C]1(P(c1ccccc1)c1ccccc1)[Fe]45321678[CH]2[CH]1[CH]6[CH]7[CH]28. The Kier molecular flexibility index (Phi) is 0.973. The molecule has 1 spiro atoms. The summed E-state index contributed by atoms with van der Waals surface area (Å²) in [6.45, 7) is 6.36. The average molecular weight is 469 g/mol. The van der Waals surface area contributed by atoms with Crippen LogP contribution in [0.5, 0.6) is 0 Å². The molecule has 12 rings (SSSR count). The van der Waals surface area contributed by atoms with E-state index in [0.717, 1.165) is 14.4 Å². The van der Waals surface area contributed by atoms with Gasteiger partial charge in [-0.05, 0) is 0 Å². The van der Waals surface area contributed by atoms with Crippen molar-refractivity contribution in [3.63, 3.8) is 0 Å². The van der Waals surface area contributed by atoms with E-state index < -0.39 is 6.51 Å². The van der Waals surface area contributed by atoms with Gasteiger partial charge in [-0.15, -0.1) is 0 Å². The number of fused-ring (bicyclic) bond motifs is 10. The van der Waals surface area contributed by atoms with E-state index in [1.54, 1.807) is 10.6 Å². The predicted octanol–water partition coefficient (Wildman–Crippen LogP) is 6.56. The normalized spacial score (nSPS) is 74.7. The molecule has 0 amide bonds. The Morgan fingerprint density at radius 3 is 1.65 bits per heavy atom. The van der Waals surface area contributed by atoms with Gasteiger partial charge in [0.25, 0.3) is 0 Å². The number of benzene rings is 2. The van der Waals surface area contributed by atoms with Gasteiger partial charge >= 0.3 is 177 Å². The molecule has 2 aromatic rings. The van der Waals surface area contributed by atoms with E-state index in [-0.39, 0.29) is 13.5 Å². The van der Waals surface area contributed by atoms with E-state index in [1.807, 2.05) is 0 Å². The average Bonchev–Trinajstić information content (AvgIpc) is 3.68. The fourth-order valence-electron chi connectivity index (χ4n) is 20.9. The molecule has 0 radical (unpaired) electrons. The fraction of sp³-hybridized carbons (Fsp3) is 0.571. The Morgan fingerprint density at radius 1 is 0.774 bits per heavy atom. The Morgan fingerprint density at radius 2 is 1.26 bits per heavy atom. The first-order chi connectivity index (χ1) is 14.7. The zero-order valence-electron chi connectivity index (χ0n) is 18.8. The van der Waals surface area contributed by atoms with Crippen LogP contribution in [0.3, 0.4) is 0 Å². The monoisotopic (exact) mass is 469 g/mol. The van der Waals surface area contributed by atoms with Gasteiger partial charge in [-0.1, -0.05) is 0 Å². The summed E-state index contributed by atoms with van der Waals surface area (Å²) in [6.07, 6.45) is 0. The molecule has 31 heavy (non-hydrogen) atoms. The quantitative estimate of drug-likeness (QED) is 0.386. The van der Waals surface area contributed by atoms with Crippen molar-refractivity contribution in [2.24, 2.45) is 0 Å². The molecule has 10 heterocycles. The number of hydrogen-bond acceptors (Lipinski definition) is 1. The van der Waals surface area contributed by atoms with Crippen LogP contribution >= 0.6 is 7.92 Å². The van der Waals surface area contributed by atoms with Crippen LogP contribution in [-0.4, -0.2) is 15.6 Å². The Labute approximate surface area is 176 Å². The summed E-state index contributed by atoms with van der Waals surface area (Å²) >= 11 is 0. The molecule has 3 heteroatoms. The van der Waals surface area contributed by atoms with Gasteiger partial charge in [-0.3, -0.25) is 0 Å². The molecule has 10 saturated heterocycles. The van der Waals surface area contributed by atoms with E-state index in [1.165, 1.54) is 38.5 Å². The van der Waals surface area contributed by atoms with E-state index >= 15 is 0 Å². The van der Waals surface area contributed by atoms with E-state index in [2.05, 4.69) is 93.7 Å². The summed E-state index contributed by atoms with van der Waals surface area (Å²) in [5.41, 5.74) is 0.226. The Bertz CT molecular complexity index is 1600. The van der Waals surface area contributed by atoms with Crippen molar-refractivity contribution in [3.8, 4) is 0 Å². The van der Waals surface area contributed by atoms with Crippen LogP contribution in [0.2, 0.25) is 42.8 Å². The molecule has 0 aliphatic carbocycles. The second-order valence-electron chi connectivity index (χ2n) is 15.9. The molecule has 2 aromatic carbocycles. The second kappa shape index (κ2) is 1.97. The fourth-order valence-corrected chi connectivity index (χ4v) is 113. The number of hydrogen-bond donors (Lipinski definition) is 1. The molecule has 6 atom stereocenters. The van der Waals surface area contributed by atoms with E-state index in [4.69, 9.17) is 0 Å². The molecule has 4 unspecified atom stereocenters. The molecule has 1 N–H and O–H groups in total. The predicted molar refractivity (Wildman–Crippen MR) is 127 cm³/mol. The first kappa shape index (κ1) is 15.3. The first-order valence-corrected chi connectivity index (χ1v) is 20.1. The summed E-state index contributed by atoms with van der Waals surface area (Å²) in [7, 11) is -0.231. The van der Waals surface area contributed by atoms with Gasteiger partial charge in [0.2, 0.25) is 0 Å². The zero-order valence-corrected chi connectivity index (χ0v) is 20.8. The van der Waals surface area contributed by atoms with Gasteiger partial charge < -0.3 is 0 Å². The third-order valence-corrected chi connectivity index (χ3v) is 68.7. The molecule has 10 aliphatic heterocycles. The maximum absolute atomic E-state index is 4.27. The van der Waals surface area contributed by atoms with Crippen molar-refractivity contribution in [1.82, 2.24) is 5.32 Å². The first-order valence-electron chi connectivity index (χ1n) is 12.5. The van der Waals surface area contributed by atoms with Crippen LogP contribution in [0, 0.1) is 0 Å². The summed E-state index contributed by atoms with van der Waals surface area (Å²) in [5.74, 6) is 0. The topological polar surface area (TPSA) is 12.0 Å². The standard InChI is InChI=1S/C23H27NP.C5H5.Fe/c1-18(24-23(2,3)4)21-16-11-17-22(21)25(19-12-7-5-8-13-19)20-14-9-6-10-15-20;1-2-4-5-3-1;/h5-18,24H,1-4H3;1-5H;/t18-;;/m1../s1. The summed E-state index contributed by atoms with van der Waals surface area (Å²) in [5, 5.41) is 7.71. The van der Waals surface area contributed by atoms with Crippen molar-refractivity contribution in [2.75, 3.05) is 0 Å². The molecular formula is C28H32FeNP. The number of rotatable bonds is 5. The van der Waals surface area contributed by atoms with Gasteiger partial charge in [0, 0.05) is 0 Å². The maximum atomic E-state index is 4.27. The minimum atomic E-state index is -3.57. The van der Waals surface area contributed by atoms with Crippen LogP contribution in [-0.2, 0) is 6.51 Å². The molecular weight excluding hydrogens is 437 g/mol. The third-order valence-electron chi connectivity index (χ3n) is 18.5. The van der Waals surface area contributed by atoms with Crippen molar-refractivity contribution in [1.29, 1.82) is 0 Å². The molecule has 0 bridgehead atoms. The van der Waals surface area contributed by atoms with Crippen molar-refractivity contribution in [2.45, 2.75) is 86.2 Å². The molecule has 10 aliphatic rings. The third kappa shape index (κ3) is 0.307. The molecule has 0 saturated carbocycles. The Hall–Kier alpha value is -0.651. The van der Waals surface area contributed by atoms with Crippen molar-refractivity contribution in [3.05, 3.63) is 60.7 Å². The van der Waals surface area contributed by atoms with Gasteiger partial charge in [-0.25, -0.2) is 0 Å². The molecule has 0 aromatic heterocycles. The zero-order chi connectivity index (χ0) is 20.5. The van der Waals surface area contributed by atoms with Crippen LogP contribution < -0.4 is 15.9 Å². The van der Waals surface area contributed by atoms with Gasteiger partial charge in [0.1, 0.15) is 0 Å². The molecule has 10 fully saturated rings. The molecule has 1 nitrogen and oxygen atoms in total. The van der Waals surface area contributed by atoms with E-state index in [9.17, 15) is 0 Å². The summed E-state index contributed by atoms with van der Waals surface area (Å²) < 4.78 is 1.61. The van der Waals surface area contributed by atoms with Crippen LogP contribution in [0.1, 0.15) is 27.7 Å².